The molecule has 0 aromatic carbocycles. The molecule has 0 bridgehead atoms. The van der Waals surface area contributed by atoms with E-state index in [4.69, 9.17) is 0 Å². The molecular weight excluding hydrogens is 492 g/mol. The summed E-state index contributed by atoms with van der Waals surface area (Å²) in [6, 6.07) is 0. The van der Waals surface area contributed by atoms with Gasteiger partial charge in [0.25, 0.3) is 0 Å². The molecule has 0 heteroatoms. The maximum absolute atomic E-state index is 2.65. The molecule has 18 atom stereocenters. The van der Waals surface area contributed by atoms with Gasteiger partial charge >= 0.3 is 0 Å². The summed E-state index contributed by atoms with van der Waals surface area (Å²) in [7, 11) is 0. The van der Waals surface area contributed by atoms with Gasteiger partial charge in [0.1, 0.15) is 0 Å². The molecule has 0 N–H and O–H groups in total. The first kappa shape index (κ1) is 37.2. The summed E-state index contributed by atoms with van der Waals surface area (Å²) in [6.07, 6.45) is 9.74. The van der Waals surface area contributed by atoms with E-state index in [1.807, 2.05) is 0 Å². The Hall–Kier alpha value is 0. The Labute approximate surface area is 261 Å². The van der Waals surface area contributed by atoms with Crippen molar-refractivity contribution in [3.05, 3.63) is 0 Å². The summed E-state index contributed by atoms with van der Waals surface area (Å²) >= 11 is 0. The zero-order valence-electron chi connectivity index (χ0n) is 31.3. The van der Waals surface area contributed by atoms with Crippen LogP contribution in [0.25, 0.3) is 0 Å². The van der Waals surface area contributed by atoms with Gasteiger partial charge in [-0.05, 0) is 119 Å². The fourth-order valence-electron chi connectivity index (χ4n) is 12.2. The van der Waals surface area contributed by atoms with E-state index in [0.717, 1.165) is 107 Å². The van der Waals surface area contributed by atoms with Crippen molar-refractivity contribution in [2.24, 2.45) is 107 Å². The topological polar surface area (TPSA) is 0 Å². The Balaban J connectivity index is 2.01. The van der Waals surface area contributed by atoms with Crippen molar-refractivity contribution < 1.29 is 0 Å². The smallest absolute Gasteiger partial charge is 0.0329 e. The maximum atomic E-state index is 2.65. The number of rotatable bonds is 14. The van der Waals surface area contributed by atoms with E-state index in [2.05, 4.69) is 111 Å². The highest BCUT2D eigenvalue weighted by Gasteiger charge is 2.47. The van der Waals surface area contributed by atoms with Gasteiger partial charge in [-0.25, -0.2) is 0 Å². The Kier molecular flexibility index (Phi) is 14.8. The molecule has 2 fully saturated rings. The van der Waals surface area contributed by atoms with Crippen molar-refractivity contribution in [3.63, 3.8) is 0 Å². The molecule has 0 aromatic rings. The van der Waals surface area contributed by atoms with Gasteiger partial charge in [0.15, 0.2) is 0 Å². The van der Waals surface area contributed by atoms with E-state index in [1.165, 1.54) is 44.9 Å². The lowest BCUT2D eigenvalue weighted by Gasteiger charge is -2.53. The molecule has 0 amide bonds. The molecule has 0 heterocycles. The normalized spacial score (nSPS) is 42.7. The molecule has 2 saturated carbocycles. The van der Waals surface area contributed by atoms with Crippen molar-refractivity contribution in [2.75, 3.05) is 0 Å². The van der Waals surface area contributed by atoms with Crippen LogP contribution in [-0.4, -0.2) is 0 Å². The quantitative estimate of drug-likeness (QED) is 0.194. The first-order valence-corrected chi connectivity index (χ1v) is 19.2. The number of hydrogen-bond donors (Lipinski definition) is 0. The lowest BCUT2D eigenvalue weighted by molar-refractivity contribution is -0.0437. The van der Waals surface area contributed by atoms with Crippen molar-refractivity contribution >= 4 is 0 Å². The Morgan fingerprint density at radius 1 is 0.463 bits per heavy atom. The fourth-order valence-corrected chi connectivity index (χ4v) is 12.2. The molecule has 0 spiro atoms. The van der Waals surface area contributed by atoms with E-state index < -0.39 is 0 Å². The standard InChI is InChI=1S/C41H80/c1-17-36(28(9)32(13)41-33(14)30(11)38(19-3)39(20-4)35(41)16)22-21-24(5)23-25(6)26(7)40-31(12)27(8)29(10)37(18-2)34(40)15/h24-41H,17-23H2,1-16H3/t24-,25-,26+,27?,28?,29?,30?,31?,32?,33?,34?,35?,36?,37?,38?,39?,40?,41?/m1/s1. The Bertz CT molecular complexity index is 724. The molecule has 244 valence electrons. The van der Waals surface area contributed by atoms with Crippen LogP contribution in [-0.2, 0) is 0 Å². The largest absolute Gasteiger partial charge is 0.0651 e. The van der Waals surface area contributed by atoms with Gasteiger partial charge < -0.3 is 0 Å². The predicted molar refractivity (Wildman–Crippen MR) is 186 cm³/mol. The average molecular weight is 573 g/mol. The Morgan fingerprint density at radius 3 is 1.41 bits per heavy atom. The molecule has 0 saturated heterocycles. The van der Waals surface area contributed by atoms with Gasteiger partial charge in [-0.2, -0.15) is 0 Å². The second kappa shape index (κ2) is 16.4. The first-order valence-electron chi connectivity index (χ1n) is 19.2. The van der Waals surface area contributed by atoms with Crippen LogP contribution < -0.4 is 0 Å². The van der Waals surface area contributed by atoms with Crippen molar-refractivity contribution in [3.8, 4) is 0 Å². The third-order valence-electron chi connectivity index (χ3n) is 15.6. The van der Waals surface area contributed by atoms with Gasteiger partial charge in [-0.3, -0.25) is 0 Å². The molecule has 2 aliphatic rings. The third-order valence-corrected chi connectivity index (χ3v) is 15.6. The fraction of sp³-hybridized carbons (Fsp3) is 1.00. The summed E-state index contributed by atoms with van der Waals surface area (Å²) in [5.74, 6) is 15.6. The third kappa shape index (κ3) is 7.99. The molecular formula is C41H80. The second-order valence-corrected chi connectivity index (χ2v) is 17.0. The van der Waals surface area contributed by atoms with Crippen LogP contribution in [0.5, 0.6) is 0 Å². The van der Waals surface area contributed by atoms with Crippen molar-refractivity contribution in [1.82, 2.24) is 0 Å². The van der Waals surface area contributed by atoms with E-state index in [1.54, 1.807) is 0 Å². The van der Waals surface area contributed by atoms with Crippen LogP contribution in [0.2, 0.25) is 0 Å². The van der Waals surface area contributed by atoms with Crippen LogP contribution in [0.4, 0.5) is 0 Å². The van der Waals surface area contributed by atoms with Crippen LogP contribution in [0.3, 0.4) is 0 Å². The molecule has 2 aliphatic carbocycles. The summed E-state index contributed by atoms with van der Waals surface area (Å²) < 4.78 is 0. The van der Waals surface area contributed by atoms with Crippen LogP contribution in [0.15, 0.2) is 0 Å². The minimum absolute atomic E-state index is 0.831. The van der Waals surface area contributed by atoms with Crippen LogP contribution in [0, 0.1) is 107 Å². The van der Waals surface area contributed by atoms with Gasteiger partial charge in [-0.1, -0.05) is 143 Å². The summed E-state index contributed by atoms with van der Waals surface area (Å²) in [6.45, 7) is 41.1. The first-order chi connectivity index (χ1) is 19.2. The zero-order chi connectivity index (χ0) is 31.3. The monoisotopic (exact) mass is 573 g/mol. The molecule has 0 radical (unpaired) electrons. The summed E-state index contributed by atoms with van der Waals surface area (Å²) in [5.41, 5.74) is 0. The van der Waals surface area contributed by atoms with Crippen molar-refractivity contribution in [2.45, 2.75) is 156 Å². The predicted octanol–water partition coefficient (Wildman–Crippen LogP) is 13.2. The molecule has 41 heavy (non-hydrogen) atoms. The van der Waals surface area contributed by atoms with E-state index in [-0.39, 0.29) is 0 Å². The lowest BCUT2D eigenvalue weighted by atomic mass is 9.52. The average Bonchev–Trinajstić information content (AvgIpc) is 2.93. The SMILES string of the molecule is CCC(CC[C@@H](C)C[C@@H](C)[C@H](C)C1C(C)C(C)C(C)C(CC)C1C)C(C)C(C)C1C(C)C(C)C(CC)C(CC)C1C. The van der Waals surface area contributed by atoms with Crippen LogP contribution in [0.1, 0.15) is 156 Å². The van der Waals surface area contributed by atoms with Crippen LogP contribution >= 0.6 is 0 Å². The maximum Gasteiger partial charge on any atom is -0.0329 e. The molecule has 0 aliphatic heterocycles. The highest BCUT2D eigenvalue weighted by atomic mass is 14.5. The minimum Gasteiger partial charge on any atom is -0.0651 e. The highest BCUT2D eigenvalue weighted by Crippen LogP contribution is 2.54. The van der Waals surface area contributed by atoms with E-state index in [0.29, 0.717) is 0 Å². The van der Waals surface area contributed by atoms with Gasteiger partial charge in [0.05, 0.1) is 0 Å². The zero-order valence-corrected chi connectivity index (χ0v) is 31.3. The second-order valence-electron chi connectivity index (χ2n) is 17.0. The molecule has 2 rings (SSSR count). The van der Waals surface area contributed by atoms with E-state index in [9.17, 15) is 0 Å². The minimum atomic E-state index is 0.831. The van der Waals surface area contributed by atoms with Gasteiger partial charge in [-0.15, -0.1) is 0 Å². The molecule has 15 unspecified atom stereocenters. The van der Waals surface area contributed by atoms with Gasteiger partial charge in [0.2, 0.25) is 0 Å². The molecule has 0 nitrogen and oxygen atoms in total. The summed E-state index contributed by atoms with van der Waals surface area (Å²) in [4.78, 5) is 0. The summed E-state index contributed by atoms with van der Waals surface area (Å²) in [5, 5.41) is 0. The van der Waals surface area contributed by atoms with Gasteiger partial charge in [0, 0.05) is 0 Å². The number of hydrogen-bond acceptors (Lipinski definition) is 0. The lowest BCUT2D eigenvalue weighted by Crippen LogP contribution is -2.47. The molecule has 0 aromatic heterocycles. The Morgan fingerprint density at radius 2 is 0.902 bits per heavy atom. The highest BCUT2D eigenvalue weighted by molar-refractivity contribution is 4.96. The van der Waals surface area contributed by atoms with E-state index >= 15 is 0 Å². The van der Waals surface area contributed by atoms with Crippen molar-refractivity contribution in [1.29, 1.82) is 0 Å².